The standard InChI is InChI=1S/C25H25ClN2O4/c1-14(32-21-13-31-24-20(29)12-30-25(21)24)22-19(27)11-18(26)23(28-22)17-9-7-16(8-10-17)15-5-3-2-4-6-15/h2-11,14,20-21,24-25,29H,12-13,27H2,1H3/t14?,20-,21-,24-,25-/m1/s1. The first-order valence-corrected chi connectivity index (χ1v) is 11.1. The van der Waals surface area contributed by atoms with Gasteiger partial charge in [0.2, 0.25) is 0 Å². The first-order chi connectivity index (χ1) is 15.5. The molecule has 2 fully saturated rings. The van der Waals surface area contributed by atoms with Crippen LogP contribution in [-0.4, -0.2) is 47.7 Å². The number of hydrogen-bond acceptors (Lipinski definition) is 6. The van der Waals surface area contributed by atoms with Crippen LogP contribution < -0.4 is 5.73 Å². The number of halogens is 1. The van der Waals surface area contributed by atoms with Crippen molar-refractivity contribution in [2.75, 3.05) is 18.9 Å². The maximum Gasteiger partial charge on any atom is 0.115 e. The molecule has 2 saturated heterocycles. The van der Waals surface area contributed by atoms with Gasteiger partial charge in [-0.2, -0.15) is 0 Å². The molecule has 5 atom stereocenters. The number of aliphatic hydroxyl groups excluding tert-OH is 1. The van der Waals surface area contributed by atoms with Crippen molar-refractivity contribution < 1.29 is 19.3 Å². The monoisotopic (exact) mass is 452 g/mol. The number of aliphatic hydroxyl groups is 1. The highest BCUT2D eigenvalue weighted by atomic mass is 35.5. The van der Waals surface area contributed by atoms with E-state index in [0.29, 0.717) is 28.7 Å². The molecule has 0 bridgehead atoms. The molecule has 3 N–H and O–H groups in total. The van der Waals surface area contributed by atoms with E-state index in [-0.39, 0.29) is 24.9 Å². The fraction of sp³-hybridized carbons (Fsp3) is 0.320. The zero-order valence-corrected chi connectivity index (χ0v) is 18.4. The Morgan fingerprint density at radius 1 is 1.00 bits per heavy atom. The molecule has 2 aliphatic heterocycles. The van der Waals surface area contributed by atoms with Crippen molar-refractivity contribution in [3.8, 4) is 22.4 Å². The van der Waals surface area contributed by atoms with Crippen molar-refractivity contribution in [2.24, 2.45) is 0 Å². The summed E-state index contributed by atoms with van der Waals surface area (Å²) in [4.78, 5) is 4.77. The van der Waals surface area contributed by atoms with E-state index in [9.17, 15) is 5.11 Å². The number of nitrogen functional groups attached to an aromatic ring is 1. The van der Waals surface area contributed by atoms with Crippen molar-refractivity contribution in [1.29, 1.82) is 0 Å². The van der Waals surface area contributed by atoms with E-state index >= 15 is 0 Å². The highest BCUT2D eigenvalue weighted by Gasteiger charge is 2.48. The van der Waals surface area contributed by atoms with Gasteiger partial charge in [0.25, 0.3) is 0 Å². The summed E-state index contributed by atoms with van der Waals surface area (Å²) in [5.41, 5.74) is 11.1. The predicted octanol–water partition coefficient (Wildman–Crippen LogP) is 4.26. The maximum absolute atomic E-state index is 9.95. The number of hydrogen-bond donors (Lipinski definition) is 2. The van der Waals surface area contributed by atoms with Gasteiger partial charge >= 0.3 is 0 Å². The summed E-state index contributed by atoms with van der Waals surface area (Å²) in [7, 11) is 0. The molecule has 7 heteroatoms. The second-order valence-electron chi connectivity index (χ2n) is 8.22. The van der Waals surface area contributed by atoms with Gasteiger partial charge in [-0.1, -0.05) is 66.2 Å². The summed E-state index contributed by atoms with van der Waals surface area (Å²) in [5.74, 6) is 0. The third-order valence-corrected chi connectivity index (χ3v) is 6.34. The molecule has 0 amide bonds. The number of aromatic nitrogens is 1. The number of nitrogens with two attached hydrogens (primary N) is 1. The molecular weight excluding hydrogens is 428 g/mol. The van der Waals surface area contributed by atoms with E-state index in [0.717, 1.165) is 16.7 Å². The van der Waals surface area contributed by atoms with E-state index in [1.165, 1.54) is 0 Å². The Hall–Kier alpha value is -2.48. The average molecular weight is 453 g/mol. The van der Waals surface area contributed by atoms with Crippen LogP contribution in [-0.2, 0) is 14.2 Å². The summed E-state index contributed by atoms with van der Waals surface area (Å²) in [6, 6.07) is 20.0. The van der Waals surface area contributed by atoms with Crippen molar-refractivity contribution in [1.82, 2.24) is 4.98 Å². The summed E-state index contributed by atoms with van der Waals surface area (Å²) in [6.07, 6.45) is -1.94. The van der Waals surface area contributed by atoms with Crippen LogP contribution in [0, 0.1) is 0 Å². The zero-order valence-electron chi connectivity index (χ0n) is 17.6. The minimum absolute atomic E-state index is 0.258. The lowest BCUT2D eigenvalue weighted by atomic mass is 10.0. The number of benzene rings is 2. The Balaban J connectivity index is 1.38. The van der Waals surface area contributed by atoms with Gasteiger partial charge in [0, 0.05) is 5.56 Å². The Morgan fingerprint density at radius 3 is 2.41 bits per heavy atom. The van der Waals surface area contributed by atoms with Crippen LogP contribution in [0.5, 0.6) is 0 Å². The lowest BCUT2D eigenvalue weighted by Gasteiger charge is -2.23. The van der Waals surface area contributed by atoms with Crippen LogP contribution in [0.1, 0.15) is 18.7 Å². The number of rotatable bonds is 5. The van der Waals surface area contributed by atoms with Gasteiger partial charge < -0.3 is 25.1 Å². The highest BCUT2D eigenvalue weighted by Crippen LogP contribution is 2.36. The van der Waals surface area contributed by atoms with E-state index in [4.69, 9.17) is 36.5 Å². The largest absolute Gasteiger partial charge is 0.397 e. The summed E-state index contributed by atoms with van der Waals surface area (Å²) >= 11 is 6.51. The molecule has 0 aliphatic carbocycles. The Bertz CT molecular complexity index is 1090. The number of anilines is 1. The molecule has 1 unspecified atom stereocenters. The molecule has 2 aromatic carbocycles. The van der Waals surface area contributed by atoms with Gasteiger partial charge in [0.05, 0.1) is 41.4 Å². The van der Waals surface area contributed by atoms with Gasteiger partial charge in [-0.3, -0.25) is 0 Å². The van der Waals surface area contributed by atoms with Gasteiger partial charge in [-0.05, 0) is 24.1 Å². The molecule has 2 aliphatic rings. The maximum atomic E-state index is 9.95. The molecule has 0 spiro atoms. The summed E-state index contributed by atoms with van der Waals surface area (Å²) in [5, 5.41) is 10.4. The molecular formula is C25H25ClN2O4. The lowest BCUT2D eigenvalue weighted by molar-refractivity contribution is -0.0687. The number of fused-ring (bicyclic) bond motifs is 1. The van der Waals surface area contributed by atoms with Crippen LogP contribution in [0.2, 0.25) is 5.02 Å². The van der Waals surface area contributed by atoms with Crippen molar-refractivity contribution in [3.05, 3.63) is 71.4 Å². The molecule has 3 aromatic rings. The fourth-order valence-corrected chi connectivity index (χ4v) is 4.65. The smallest absolute Gasteiger partial charge is 0.115 e. The fourth-order valence-electron chi connectivity index (χ4n) is 4.38. The molecule has 1 aromatic heterocycles. The van der Waals surface area contributed by atoms with Crippen LogP contribution in [0.3, 0.4) is 0 Å². The van der Waals surface area contributed by atoms with Gasteiger partial charge in [-0.25, -0.2) is 4.98 Å². The van der Waals surface area contributed by atoms with E-state index < -0.39 is 12.2 Å². The van der Waals surface area contributed by atoms with Gasteiger partial charge in [0.15, 0.2) is 0 Å². The highest BCUT2D eigenvalue weighted by molar-refractivity contribution is 6.33. The Labute approximate surface area is 191 Å². The van der Waals surface area contributed by atoms with Crippen LogP contribution >= 0.6 is 11.6 Å². The summed E-state index contributed by atoms with van der Waals surface area (Å²) in [6.45, 7) is 2.51. The minimum atomic E-state index is -0.618. The minimum Gasteiger partial charge on any atom is -0.397 e. The first kappa shape index (κ1) is 21.4. The normalized spacial score (nSPS) is 25.6. The van der Waals surface area contributed by atoms with Gasteiger partial charge in [-0.15, -0.1) is 0 Å². The summed E-state index contributed by atoms with van der Waals surface area (Å²) < 4.78 is 17.5. The van der Waals surface area contributed by atoms with Crippen LogP contribution in [0.15, 0.2) is 60.7 Å². The van der Waals surface area contributed by atoms with Gasteiger partial charge in [0.1, 0.15) is 24.4 Å². The Morgan fingerprint density at radius 2 is 1.66 bits per heavy atom. The topological polar surface area (TPSA) is 86.8 Å². The molecule has 0 saturated carbocycles. The third kappa shape index (κ3) is 4.00. The SMILES string of the molecule is CC(O[C@@H]1CO[C@H]2[C@@H]1OC[C@H]2O)c1nc(-c2ccc(-c3ccccc3)cc2)c(Cl)cc1N. The number of pyridine rings is 1. The molecule has 0 radical (unpaired) electrons. The molecule has 5 rings (SSSR count). The quantitative estimate of drug-likeness (QED) is 0.601. The Kier molecular flexibility index (Phi) is 5.88. The van der Waals surface area contributed by atoms with Crippen molar-refractivity contribution >= 4 is 17.3 Å². The number of ether oxygens (including phenoxy) is 3. The lowest BCUT2D eigenvalue weighted by Crippen LogP contribution is -2.33. The molecule has 3 heterocycles. The molecule has 32 heavy (non-hydrogen) atoms. The predicted molar refractivity (Wildman–Crippen MR) is 123 cm³/mol. The van der Waals surface area contributed by atoms with E-state index in [1.54, 1.807) is 6.07 Å². The zero-order chi connectivity index (χ0) is 22.2. The van der Waals surface area contributed by atoms with E-state index in [2.05, 4.69) is 24.3 Å². The average Bonchev–Trinajstić information content (AvgIpc) is 3.37. The van der Waals surface area contributed by atoms with Crippen LogP contribution in [0.4, 0.5) is 5.69 Å². The van der Waals surface area contributed by atoms with Crippen LogP contribution in [0.25, 0.3) is 22.4 Å². The third-order valence-electron chi connectivity index (χ3n) is 6.05. The molecule has 6 nitrogen and oxygen atoms in total. The van der Waals surface area contributed by atoms with Crippen molar-refractivity contribution in [2.45, 2.75) is 37.4 Å². The molecule has 166 valence electrons. The number of nitrogens with zero attached hydrogens (tertiary/aromatic N) is 1. The second-order valence-corrected chi connectivity index (χ2v) is 8.62. The van der Waals surface area contributed by atoms with Crippen molar-refractivity contribution in [3.63, 3.8) is 0 Å². The second kappa shape index (κ2) is 8.81. The van der Waals surface area contributed by atoms with E-state index in [1.807, 2.05) is 37.3 Å². The first-order valence-electron chi connectivity index (χ1n) is 10.7.